The number of nitrogens with one attached hydrogen (secondary N) is 1. The summed E-state index contributed by atoms with van der Waals surface area (Å²) in [5.41, 5.74) is 0.616. The molecule has 0 spiro atoms. The molecule has 0 bridgehead atoms. The number of rotatable bonds is 3. The lowest BCUT2D eigenvalue weighted by Crippen LogP contribution is -2.34. The van der Waals surface area contributed by atoms with E-state index in [2.05, 4.69) is 10.4 Å². The van der Waals surface area contributed by atoms with Crippen molar-refractivity contribution in [2.75, 3.05) is 0 Å². The highest BCUT2D eigenvalue weighted by Gasteiger charge is 2.25. The van der Waals surface area contributed by atoms with E-state index in [1.807, 2.05) is 18.2 Å². The zero-order chi connectivity index (χ0) is 14.1. The number of fused-ring (bicyclic) bond motifs is 1. The zero-order valence-electron chi connectivity index (χ0n) is 11.4. The van der Waals surface area contributed by atoms with Crippen molar-refractivity contribution in [3.63, 3.8) is 0 Å². The fraction of sp³-hybridized carbons (Fsp3) is 0.400. The van der Waals surface area contributed by atoms with Crippen LogP contribution in [0.1, 0.15) is 25.0 Å². The van der Waals surface area contributed by atoms with Gasteiger partial charge in [-0.05, 0) is 18.9 Å². The topological polar surface area (TPSA) is 64.0 Å². The number of hydrogen-bond acceptors (Lipinski definition) is 3. The lowest BCUT2D eigenvalue weighted by Gasteiger charge is -2.24. The standard InChI is InChI=1S/C15H17N3O2/c1-18-15(20)12-8-3-2-7-11(12)13(17-18)9-16-14(19)10-5-4-6-10/h2-3,7-8,10H,4-6,9H2,1H3,(H,16,19). The van der Waals surface area contributed by atoms with Gasteiger partial charge in [-0.1, -0.05) is 24.6 Å². The van der Waals surface area contributed by atoms with Crippen LogP contribution < -0.4 is 10.9 Å². The minimum Gasteiger partial charge on any atom is -0.350 e. The van der Waals surface area contributed by atoms with Gasteiger partial charge in [0, 0.05) is 18.4 Å². The molecule has 1 saturated carbocycles. The van der Waals surface area contributed by atoms with Crippen molar-refractivity contribution in [3.05, 3.63) is 40.3 Å². The number of amides is 1. The second-order valence-corrected chi connectivity index (χ2v) is 5.27. The molecule has 5 heteroatoms. The molecular formula is C15H17N3O2. The predicted molar refractivity (Wildman–Crippen MR) is 76.2 cm³/mol. The Hall–Kier alpha value is -2.17. The molecule has 0 radical (unpaired) electrons. The van der Waals surface area contributed by atoms with Crippen molar-refractivity contribution in [2.45, 2.75) is 25.8 Å². The second kappa shape index (κ2) is 5.07. The molecule has 1 heterocycles. The molecule has 2 aromatic rings. The Morgan fingerprint density at radius 2 is 2.05 bits per heavy atom. The van der Waals surface area contributed by atoms with E-state index in [1.54, 1.807) is 13.1 Å². The monoisotopic (exact) mass is 271 g/mol. The molecule has 5 nitrogen and oxygen atoms in total. The first-order chi connectivity index (χ1) is 9.66. The van der Waals surface area contributed by atoms with Gasteiger partial charge >= 0.3 is 0 Å². The number of benzene rings is 1. The van der Waals surface area contributed by atoms with Gasteiger partial charge in [-0.2, -0.15) is 5.10 Å². The van der Waals surface area contributed by atoms with Gasteiger partial charge in [-0.25, -0.2) is 4.68 Å². The van der Waals surface area contributed by atoms with E-state index in [-0.39, 0.29) is 17.4 Å². The Kier molecular flexibility index (Phi) is 3.26. The van der Waals surface area contributed by atoms with Crippen LogP contribution in [0.3, 0.4) is 0 Å². The summed E-state index contributed by atoms with van der Waals surface area (Å²) in [5, 5.41) is 8.64. The van der Waals surface area contributed by atoms with Gasteiger partial charge in [-0.3, -0.25) is 9.59 Å². The quantitative estimate of drug-likeness (QED) is 0.916. The van der Waals surface area contributed by atoms with Gasteiger partial charge < -0.3 is 5.32 Å². The zero-order valence-corrected chi connectivity index (χ0v) is 11.4. The van der Waals surface area contributed by atoms with Crippen LogP contribution in [0.25, 0.3) is 10.8 Å². The Morgan fingerprint density at radius 1 is 1.35 bits per heavy atom. The maximum absolute atomic E-state index is 12.0. The normalized spacial score (nSPS) is 15.1. The van der Waals surface area contributed by atoms with E-state index in [0.717, 1.165) is 30.3 Å². The van der Waals surface area contributed by atoms with Gasteiger partial charge in [-0.15, -0.1) is 0 Å². The Balaban J connectivity index is 1.89. The van der Waals surface area contributed by atoms with Crippen molar-refractivity contribution in [3.8, 4) is 0 Å². The van der Waals surface area contributed by atoms with Gasteiger partial charge in [0.25, 0.3) is 5.56 Å². The first-order valence-electron chi connectivity index (χ1n) is 6.89. The number of carbonyl (C=O) groups is 1. The third-order valence-corrected chi connectivity index (χ3v) is 3.94. The van der Waals surface area contributed by atoms with Crippen LogP contribution in [0.2, 0.25) is 0 Å². The maximum Gasteiger partial charge on any atom is 0.274 e. The molecular weight excluding hydrogens is 254 g/mol. The van der Waals surface area contributed by atoms with Crippen molar-refractivity contribution >= 4 is 16.7 Å². The summed E-state index contributed by atoms with van der Waals surface area (Å²) >= 11 is 0. The summed E-state index contributed by atoms with van der Waals surface area (Å²) in [6.45, 7) is 0.365. The average molecular weight is 271 g/mol. The molecule has 1 N–H and O–H groups in total. The van der Waals surface area contributed by atoms with Gasteiger partial charge in [0.1, 0.15) is 0 Å². The van der Waals surface area contributed by atoms with Gasteiger partial charge in [0.2, 0.25) is 5.91 Å². The summed E-state index contributed by atoms with van der Waals surface area (Å²) in [6, 6.07) is 7.37. The van der Waals surface area contributed by atoms with Crippen LogP contribution >= 0.6 is 0 Å². The van der Waals surface area contributed by atoms with Crippen molar-refractivity contribution < 1.29 is 4.79 Å². The molecule has 3 rings (SSSR count). The van der Waals surface area contributed by atoms with Crippen LogP contribution in [0.15, 0.2) is 29.1 Å². The fourth-order valence-electron chi connectivity index (χ4n) is 2.49. The van der Waals surface area contributed by atoms with Crippen molar-refractivity contribution in [1.29, 1.82) is 0 Å². The summed E-state index contributed by atoms with van der Waals surface area (Å²) in [4.78, 5) is 23.9. The van der Waals surface area contributed by atoms with E-state index in [9.17, 15) is 9.59 Å². The van der Waals surface area contributed by atoms with Crippen molar-refractivity contribution in [1.82, 2.24) is 15.1 Å². The molecule has 0 aliphatic heterocycles. The lowest BCUT2D eigenvalue weighted by atomic mass is 9.85. The number of hydrogen-bond donors (Lipinski definition) is 1. The van der Waals surface area contributed by atoms with Crippen LogP contribution in [-0.2, 0) is 18.4 Å². The van der Waals surface area contributed by atoms with E-state index in [0.29, 0.717) is 11.9 Å². The molecule has 20 heavy (non-hydrogen) atoms. The highest BCUT2D eigenvalue weighted by atomic mass is 16.2. The molecule has 1 fully saturated rings. The number of aryl methyl sites for hydroxylation is 1. The summed E-state index contributed by atoms with van der Waals surface area (Å²) < 4.78 is 1.33. The van der Waals surface area contributed by atoms with Gasteiger partial charge in [0.05, 0.1) is 17.6 Å². The molecule has 1 aromatic carbocycles. The molecule has 104 valence electrons. The van der Waals surface area contributed by atoms with Gasteiger partial charge in [0.15, 0.2) is 0 Å². The molecule has 0 atom stereocenters. The second-order valence-electron chi connectivity index (χ2n) is 5.27. The smallest absolute Gasteiger partial charge is 0.274 e. The predicted octanol–water partition coefficient (Wildman–Crippen LogP) is 1.35. The minimum atomic E-state index is -0.116. The molecule has 1 amide bonds. The fourth-order valence-corrected chi connectivity index (χ4v) is 2.49. The van der Waals surface area contributed by atoms with E-state index >= 15 is 0 Å². The minimum absolute atomic E-state index is 0.0935. The molecule has 0 saturated heterocycles. The molecule has 0 unspecified atom stereocenters. The molecule has 1 aliphatic carbocycles. The third-order valence-electron chi connectivity index (χ3n) is 3.94. The van der Waals surface area contributed by atoms with Crippen LogP contribution in [0, 0.1) is 5.92 Å². The van der Waals surface area contributed by atoms with E-state index in [4.69, 9.17) is 0 Å². The first kappa shape index (κ1) is 12.8. The number of carbonyl (C=O) groups excluding carboxylic acids is 1. The van der Waals surface area contributed by atoms with Crippen LogP contribution in [0.4, 0.5) is 0 Å². The number of nitrogens with zero attached hydrogens (tertiary/aromatic N) is 2. The highest BCUT2D eigenvalue weighted by molar-refractivity contribution is 5.84. The lowest BCUT2D eigenvalue weighted by molar-refractivity contribution is -0.127. The highest BCUT2D eigenvalue weighted by Crippen LogP contribution is 2.26. The Bertz CT molecular complexity index is 717. The Labute approximate surface area is 116 Å². The summed E-state index contributed by atoms with van der Waals surface area (Å²) in [6.07, 6.45) is 3.10. The number of aromatic nitrogens is 2. The summed E-state index contributed by atoms with van der Waals surface area (Å²) in [7, 11) is 1.63. The first-order valence-corrected chi connectivity index (χ1v) is 6.89. The van der Waals surface area contributed by atoms with Crippen LogP contribution in [-0.4, -0.2) is 15.7 Å². The average Bonchev–Trinajstić information content (AvgIpc) is 2.39. The van der Waals surface area contributed by atoms with E-state index in [1.165, 1.54) is 4.68 Å². The third kappa shape index (κ3) is 2.19. The maximum atomic E-state index is 12.0. The van der Waals surface area contributed by atoms with E-state index < -0.39 is 0 Å². The molecule has 1 aromatic heterocycles. The Morgan fingerprint density at radius 3 is 2.70 bits per heavy atom. The summed E-state index contributed by atoms with van der Waals surface area (Å²) in [5.74, 6) is 0.254. The largest absolute Gasteiger partial charge is 0.350 e. The molecule has 1 aliphatic rings. The van der Waals surface area contributed by atoms with Crippen molar-refractivity contribution in [2.24, 2.45) is 13.0 Å². The van der Waals surface area contributed by atoms with Crippen LogP contribution in [0.5, 0.6) is 0 Å². The SMILES string of the molecule is Cn1nc(CNC(=O)C2CCC2)c2ccccc2c1=O.